The number of aromatic nitrogens is 12. The lowest BCUT2D eigenvalue weighted by Crippen LogP contribution is -2.05. The molecule has 8 aromatic carbocycles. The Labute approximate surface area is 494 Å². The SMILES string of the molecule is C=CCn1c2ccc(Br)cc2c2nc3ccccc3nc21.C=Cn1c2ccccc2c2nc3ccccc3nc21.CC(C)Cn1c2ccc(Br)cc2c2nc3ccccc3nc21.CCCCn1c2ccccc2c2nc3ccccc3nc21. The third kappa shape index (κ3) is 9.91. The maximum atomic E-state index is 4.88. The number of aryl methyl sites for hydroxylation is 1. The summed E-state index contributed by atoms with van der Waals surface area (Å²) in [5, 5.41) is 4.57. The van der Waals surface area contributed by atoms with Crippen molar-refractivity contribution in [2.24, 2.45) is 5.92 Å². The smallest absolute Gasteiger partial charge is 0.164 e. The average molecular weight is 1210 g/mol. The third-order valence-electron chi connectivity index (χ3n) is 14.9. The van der Waals surface area contributed by atoms with E-state index in [1.165, 1.54) is 22.8 Å². The van der Waals surface area contributed by atoms with Crippen molar-refractivity contribution < 1.29 is 0 Å². The summed E-state index contributed by atoms with van der Waals surface area (Å²) in [5.74, 6) is 0.552. The second kappa shape index (κ2) is 22.6. The van der Waals surface area contributed by atoms with Crippen molar-refractivity contribution in [3.8, 4) is 0 Å². The Kier molecular flexibility index (Phi) is 14.5. The topological polar surface area (TPSA) is 123 Å². The van der Waals surface area contributed by atoms with Gasteiger partial charge in [0, 0.05) is 56.3 Å². The van der Waals surface area contributed by atoms with Crippen LogP contribution in [-0.4, -0.2) is 58.1 Å². The predicted octanol–water partition coefficient (Wildman–Crippen LogP) is 18.2. The molecule has 16 rings (SSSR count). The summed E-state index contributed by atoms with van der Waals surface area (Å²) in [6.07, 6.45) is 6.00. The minimum atomic E-state index is 0.552. The second-order valence-electron chi connectivity index (χ2n) is 20.9. The lowest BCUT2D eigenvalue weighted by molar-refractivity contribution is 0.543. The van der Waals surface area contributed by atoms with Crippen LogP contribution in [0.2, 0.25) is 0 Å². The highest BCUT2D eigenvalue weighted by Crippen LogP contribution is 2.34. The zero-order valence-electron chi connectivity index (χ0n) is 46.1. The van der Waals surface area contributed by atoms with Gasteiger partial charge in [-0.2, -0.15) is 0 Å². The highest BCUT2D eigenvalue weighted by Gasteiger charge is 2.18. The number of nitrogens with zero attached hydrogens (tertiary/aromatic N) is 12. The van der Waals surface area contributed by atoms with Gasteiger partial charge in [-0.3, -0.25) is 4.57 Å². The van der Waals surface area contributed by atoms with E-state index in [0.717, 1.165) is 144 Å². The van der Waals surface area contributed by atoms with Gasteiger partial charge in [0.2, 0.25) is 0 Å². The summed E-state index contributed by atoms with van der Waals surface area (Å²) < 4.78 is 10.9. The first-order valence-corrected chi connectivity index (χ1v) is 29.5. The maximum absolute atomic E-state index is 4.88. The molecule has 8 aromatic heterocycles. The molecular weight excluding hydrogens is 1160 g/mol. The number of hydrogen-bond acceptors (Lipinski definition) is 8. The molecule has 0 aliphatic carbocycles. The van der Waals surface area contributed by atoms with E-state index in [1.54, 1.807) is 6.20 Å². The molecule has 0 bridgehead atoms. The number of allylic oxidation sites excluding steroid dienone is 1. The molecule has 0 unspecified atom stereocenters. The van der Waals surface area contributed by atoms with Gasteiger partial charge in [0.15, 0.2) is 22.6 Å². The fraction of sp³-hybridized carbons (Fsp3) is 0.130. The van der Waals surface area contributed by atoms with Gasteiger partial charge in [-0.15, -0.1) is 6.58 Å². The van der Waals surface area contributed by atoms with Crippen LogP contribution < -0.4 is 0 Å². The van der Waals surface area contributed by atoms with Crippen molar-refractivity contribution in [1.82, 2.24) is 58.1 Å². The molecule has 0 radical (unpaired) electrons. The van der Waals surface area contributed by atoms with Crippen molar-refractivity contribution in [3.63, 3.8) is 0 Å². The van der Waals surface area contributed by atoms with Gasteiger partial charge in [0.1, 0.15) is 22.1 Å². The van der Waals surface area contributed by atoms with E-state index in [-0.39, 0.29) is 0 Å². The maximum Gasteiger partial charge on any atom is 0.164 e. The molecule has 0 saturated carbocycles. The average Bonchev–Trinajstić information content (AvgIpc) is 2.80. The molecule has 0 spiro atoms. The van der Waals surface area contributed by atoms with E-state index in [0.29, 0.717) is 12.5 Å². The first-order valence-electron chi connectivity index (χ1n) is 27.9. The summed E-state index contributed by atoms with van der Waals surface area (Å²) in [6.45, 7) is 17.1. The zero-order valence-corrected chi connectivity index (χ0v) is 49.3. The Hall–Kier alpha value is -9.24. The van der Waals surface area contributed by atoms with Crippen molar-refractivity contribution in [3.05, 3.63) is 210 Å². The van der Waals surface area contributed by atoms with Crippen molar-refractivity contribution >= 4 is 170 Å². The molecule has 0 fully saturated rings. The van der Waals surface area contributed by atoms with Crippen LogP contribution >= 0.6 is 31.9 Å². The fourth-order valence-electron chi connectivity index (χ4n) is 11.1. The predicted molar refractivity (Wildman–Crippen MR) is 352 cm³/mol. The van der Waals surface area contributed by atoms with Gasteiger partial charge >= 0.3 is 0 Å². The van der Waals surface area contributed by atoms with Gasteiger partial charge in [0.05, 0.1) is 66.2 Å². The van der Waals surface area contributed by atoms with Crippen molar-refractivity contribution in [2.45, 2.75) is 53.2 Å². The molecule has 83 heavy (non-hydrogen) atoms. The van der Waals surface area contributed by atoms with Gasteiger partial charge in [-0.1, -0.05) is 157 Å². The first kappa shape index (κ1) is 53.1. The largest absolute Gasteiger partial charge is 0.324 e. The lowest BCUT2D eigenvalue weighted by Gasteiger charge is -2.09. The number of unbranched alkanes of at least 4 members (excludes halogenated alkanes) is 1. The van der Waals surface area contributed by atoms with Crippen LogP contribution in [-0.2, 0) is 19.6 Å². The molecule has 14 heteroatoms. The van der Waals surface area contributed by atoms with E-state index >= 15 is 0 Å². The van der Waals surface area contributed by atoms with Crippen LogP contribution in [0.1, 0.15) is 33.6 Å². The second-order valence-corrected chi connectivity index (χ2v) is 22.7. The molecule has 0 saturated heterocycles. The third-order valence-corrected chi connectivity index (χ3v) is 15.8. The van der Waals surface area contributed by atoms with Crippen LogP contribution in [0.15, 0.2) is 210 Å². The normalized spacial score (nSPS) is 11.6. The van der Waals surface area contributed by atoms with E-state index in [9.17, 15) is 0 Å². The lowest BCUT2D eigenvalue weighted by atomic mass is 10.2. The van der Waals surface area contributed by atoms with E-state index in [1.807, 2.05) is 126 Å². The molecule has 12 nitrogen and oxygen atoms in total. The molecule has 0 atom stereocenters. The number of fused-ring (bicyclic) bond motifs is 16. The summed E-state index contributed by atoms with van der Waals surface area (Å²) in [4.78, 5) is 38.5. The molecular formula is C69H56Br2N12. The van der Waals surface area contributed by atoms with Crippen molar-refractivity contribution in [1.29, 1.82) is 0 Å². The first-order chi connectivity index (χ1) is 40.7. The van der Waals surface area contributed by atoms with Gasteiger partial charge in [0.25, 0.3) is 0 Å². The van der Waals surface area contributed by atoms with Crippen LogP contribution in [0.4, 0.5) is 0 Å². The molecule has 0 amide bonds. The Bertz CT molecular complexity index is 5170. The Morgan fingerprint density at radius 3 is 1.23 bits per heavy atom. The monoisotopic (exact) mass is 1210 g/mol. The summed E-state index contributed by atoms with van der Waals surface area (Å²) in [7, 11) is 0. The molecule has 0 aliphatic heterocycles. The quantitative estimate of drug-likeness (QED) is 0.138. The Balaban J connectivity index is 0.000000104. The van der Waals surface area contributed by atoms with E-state index in [2.05, 4.69) is 146 Å². The highest BCUT2D eigenvalue weighted by atomic mass is 79.9. The summed E-state index contributed by atoms with van der Waals surface area (Å²) >= 11 is 7.11. The van der Waals surface area contributed by atoms with E-state index in [4.69, 9.17) is 39.9 Å². The van der Waals surface area contributed by atoms with Gasteiger partial charge in [-0.25, -0.2) is 39.9 Å². The summed E-state index contributed by atoms with van der Waals surface area (Å²) in [5.41, 5.74) is 19.7. The number of para-hydroxylation sites is 10. The molecule has 0 N–H and O–H groups in total. The van der Waals surface area contributed by atoms with Crippen LogP contribution in [0.5, 0.6) is 0 Å². The van der Waals surface area contributed by atoms with Gasteiger partial charge < -0.3 is 13.7 Å². The summed E-state index contributed by atoms with van der Waals surface area (Å²) in [6, 6.07) is 61.3. The minimum Gasteiger partial charge on any atom is -0.324 e. The van der Waals surface area contributed by atoms with Gasteiger partial charge in [-0.05, 0) is 109 Å². The standard InChI is InChI=1S/C18H16BrN3.C18H17N3.C17H12BrN3.C16H11N3/c1-11(2)10-22-16-8-7-12(19)9-13(16)17-18(22)21-15-6-4-3-5-14(15)20-17;1-2-3-12-21-16-11-7-4-8-13(16)17-18(21)20-15-10-6-5-9-14(15)19-17;1-2-9-21-15-8-7-11(18)10-12(15)16-17(21)20-14-6-4-3-5-13(14)19-16;1-2-19-14-10-6-3-7-11(14)15-16(19)18-13-9-5-4-8-12(13)17-15/h3-9,11H,10H2,1-2H3;4-11H,2-3,12H2,1H3;2-8,10H,1,9H2;2-10H,1H2. The Morgan fingerprint density at radius 1 is 0.410 bits per heavy atom. The van der Waals surface area contributed by atoms with E-state index < -0.39 is 0 Å². The van der Waals surface area contributed by atoms with Crippen LogP contribution in [0.25, 0.3) is 139 Å². The molecule has 406 valence electrons. The molecule has 0 aliphatic rings. The number of benzene rings is 8. The molecule has 16 aromatic rings. The van der Waals surface area contributed by atoms with Crippen LogP contribution in [0.3, 0.4) is 0 Å². The minimum absolute atomic E-state index is 0.552. The number of rotatable bonds is 8. The number of halogens is 2. The zero-order chi connectivity index (χ0) is 56.7. The van der Waals surface area contributed by atoms with Crippen molar-refractivity contribution in [2.75, 3.05) is 0 Å². The fourth-order valence-corrected chi connectivity index (χ4v) is 11.8. The molecule has 8 heterocycles. The number of hydrogen-bond donors (Lipinski definition) is 0. The van der Waals surface area contributed by atoms with Crippen LogP contribution in [0, 0.1) is 5.92 Å². The highest BCUT2D eigenvalue weighted by molar-refractivity contribution is 9.10. The Morgan fingerprint density at radius 2 is 0.771 bits per heavy atom.